The van der Waals surface area contributed by atoms with Gasteiger partial charge in [-0.1, -0.05) is 23.2 Å². The summed E-state index contributed by atoms with van der Waals surface area (Å²) in [6, 6.07) is 8.90. The molecular weight excluding hydrogens is 269 g/mol. The molecule has 0 heterocycles. The molecule has 0 unspecified atom stereocenters. The van der Waals surface area contributed by atoms with Crippen LogP contribution in [0.2, 0.25) is 10.0 Å². The third-order valence-corrected chi connectivity index (χ3v) is 3.44. The summed E-state index contributed by atoms with van der Waals surface area (Å²) in [5.74, 6) is 1.30. The van der Waals surface area contributed by atoms with Crippen LogP contribution in [0, 0.1) is 13.8 Å². The average molecular weight is 282 g/mol. The molecule has 0 fully saturated rings. The lowest BCUT2D eigenvalue weighted by molar-refractivity contribution is 0.484. The highest BCUT2D eigenvalue weighted by Gasteiger charge is 2.07. The van der Waals surface area contributed by atoms with Crippen LogP contribution in [-0.2, 0) is 0 Å². The number of rotatable bonds is 2. The molecular formula is C14H13Cl2NO. The molecule has 0 bridgehead atoms. The molecule has 0 atom stereocenters. The zero-order chi connectivity index (χ0) is 13.3. The molecule has 0 aromatic heterocycles. The van der Waals surface area contributed by atoms with Crippen LogP contribution >= 0.6 is 23.2 Å². The summed E-state index contributed by atoms with van der Waals surface area (Å²) in [6.45, 7) is 3.88. The molecule has 94 valence electrons. The van der Waals surface area contributed by atoms with Crippen LogP contribution in [0.3, 0.4) is 0 Å². The Balaban J connectivity index is 2.34. The molecule has 4 heteroatoms. The normalized spacial score (nSPS) is 10.4. The highest BCUT2D eigenvalue weighted by molar-refractivity contribution is 6.32. The van der Waals surface area contributed by atoms with Crippen LogP contribution in [0.5, 0.6) is 11.5 Å². The van der Waals surface area contributed by atoms with Crippen molar-refractivity contribution in [3.63, 3.8) is 0 Å². The fourth-order valence-corrected chi connectivity index (χ4v) is 1.99. The summed E-state index contributed by atoms with van der Waals surface area (Å²) in [4.78, 5) is 0. The molecule has 0 aliphatic carbocycles. The van der Waals surface area contributed by atoms with Gasteiger partial charge in [-0.25, -0.2) is 0 Å². The zero-order valence-corrected chi connectivity index (χ0v) is 11.6. The van der Waals surface area contributed by atoms with E-state index in [1.165, 1.54) is 0 Å². The number of hydrogen-bond acceptors (Lipinski definition) is 2. The fourth-order valence-electron chi connectivity index (χ4n) is 1.70. The number of nitrogen functional groups attached to an aromatic ring is 1. The van der Waals surface area contributed by atoms with E-state index in [1.54, 1.807) is 18.2 Å². The predicted octanol–water partition coefficient (Wildman–Crippen LogP) is 4.98. The summed E-state index contributed by atoms with van der Waals surface area (Å²) in [7, 11) is 0. The molecule has 0 aliphatic rings. The molecule has 0 saturated carbocycles. The first-order chi connectivity index (χ1) is 8.47. The van der Waals surface area contributed by atoms with Crippen LogP contribution < -0.4 is 10.5 Å². The van der Waals surface area contributed by atoms with E-state index in [0.29, 0.717) is 22.2 Å². The molecule has 0 saturated heterocycles. The van der Waals surface area contributed by atoms with E-state index in [2.05, 4.69) is 0 Å². The van der Waals surface area contributed by atoms with Gasteiger partial charge in [0.25, 0.3) is 0 Å². The Morgan fingerprint density at radius 1 is 1.00 bits per heavy atom. The highest BCUT2D eigenvalue weighted by atomic mass is 35.5. The van der Waals surface area contributed by atoms with E-state index >= 15 is 0 Å². The zero-order valence-electron chi connectivity index (χ0n) is 10.1. The summed E-state index contributed by atoms with van der Waals surface area (Å²) in [6.07, 6.45) is 0. The fraction of sp³-hybridized carbons (Fsp3) is 0.143. The SMILES string of the molecule is Cc1cc(Oc2ccc(Cl)cc2N)cc(C)c1Cl. The number of aryl methyl sites for hydroxylation is 2. The molecule has 2 aromatic rings. The van der Waals surface area contributed by atoms with E-state index in [4.69, 9.17) is 33.7 Å². The Hall–Kier alpha value is -1.38. The third-order valence-electron chi connectivity index (χ3n) is 2.61. The Morgan fingerprint density at radius 3 is 2.17 bits per heavy atom. The minimum Gasteiger partial charge on any atom is -0.455 e. The number of anilines is 1. The number of halogens is 2. The number of benzene rings is 2. The molecule has 2 nitrogen and oxygen atoms in total. The average Bonchev–Trinajstić information content (AvgIpc) is 2.29. The maximum absolute atomic E-state index is 6.11. The number of hydrogen-bond donors (Lipinski definition) is 1. The van der Waals surface area contributed by atoms with Crippen LogP contribution in [0.15, 0.2) is 30.3 Å². The second-order valence-electron chi connectivity index (χ2n) is 4.16. The van der Waals surface area contributed by atoms with Crippen molar-refractivity contribution in [3.05, 3.63) is 51.5 Å². The molecule has 2 aromatic carbocycles. The molecule has 2 rings (SSSR count). The van der Waals surface area contributed by atoms with Crippen molar-refractivity contribution in [1.82, 2.24) is 0 Å². The van der Waals surface area contributed by atoms with Gasteiger partial charge in [0.1, 0.15) is 11.5 Å². The first-order valence-corrected chi connectivity index (χ1v) is 6.22. The van der Waals surface area contributed by atoms with Crippen LogP contribution in [0.25, 0.3) is 0 Å². The molecule has 18 heavy (non-hydrogen) atoms. The van der Waals surface area contributed by atoms with Crippen LogP contribution in [-0.4, -0.2) is 0 Å². The van der Waals surface area contributed by atoms with E-state index in [9.17, 15) is 0 Å². The summed E-state index contributed by atoms with van der Waals surface area (Å²) in [5.41, 5.74) is 8.29. The Bertz CT molecular complexity index is 573. The largest absolute Gasteiger partial charge is 0.455 e. The number of nitrogens with two attached hydrogens (primary N) is 1. The van der Waals surface area contributed by atoms with Gasteiger partial charge in [-0.3, -0.25) is 0 Å². The predicted molar refractivity (Wildman–Crippen MR) is 76.9 cm³/mol. The Morgan fingerprint density at radius 2 is 1.61 bits per heavy atom. The van der Waals surface area contributed by atoms with Gasteiger partial charge >= 0.3 is 0 Å². The summed E-state index contributed by atoms with van der Waals surface area (Å²) >= 11 is 11.9. The maximum Gasteiger partial charge on any atom is 0.150 e. The second-order valence-corrected chi connectivity index (χ2v) is 4.97. The van der Waals surface area contributed by atoms with E-state index in [1.807, 2.05) is 26.0 Å². The topological polar surface area (TPSA) is 35.2 Å². The third kappa shape index (κ3) is 2.71. The standard InChI is InChI=1S/C14H13Cl2NO/c1-8-5-11(6-9(2)14(8)16)18-13-4-3-10(15)7-12(13)17/h3-7H,17H2,1-2H3. The van der Waals surface area contributed by atoms with E-state index in [0.717, 1.165) is 16.1 Å². The van der Waals surface area contributed by atoms with Gasteiger partial charge in [-0.15, -0.1) is 0 Å². The first-order valence-electron chi connectivity index (χ1n) is 5.47. The van der Waals surface area contributed by atoms with Crippen molar-refractivity contribution in [2.24, 2.45) is 0 Å². The minimum atomic E-state index is 0.507. The van der Waals surface area contributed by atoms with Gasteiger partial charge in [-0.05, 0) is 55.3 Å². The van der Waals surface area contributed by atoms with Gasteiger partial charge < -0.3 is 10.5 Å². The first kappa shape index (κ1) is 13.1. The summed E-state index contributed by atoms with van der Waals surface area (Å²) < 4.78 is 5.74. The second kappa shape index (κ2) is 5.09. The van der Waals surface area contributed by atoms with E-state index < -0.39 is 0 Å². The van der Waals surface area contributed by atoms with Crippen LogP contribution in [0.4, 0.5) is 5.69 Å². The van der Waals surface area contributed by atoms with Gasteiger partial charge in [0, 0.05) is 10.0 Å². The van der Waals surface area contributed by atoms with Gasteiger partial charge in [-0.2, -0.15) is 0 Å². The van der Waals surface area contributed by atoms with Crippen molar-refractivity contribution in [3.8, 4) is 11.5 Å². The lowest BCUT2D eigenvalue weighted by Gasteiger charge is -2.11. The van der Waals surface area contributed by atoms with Crippen molar-refractivity contribution < 1.29 is 4.74 Å². The molecule has 0 aliphatic heterocycles. The monoisotopic (exact) mass is 281 g/mol. The smallest absolute Gasteiger partial charge is 0.150 e. The quantitative estimate of drug-likeness (QED) is 0.788. The molecule has 0 radical (unpaired) electrons. The molecule has 0 spiro atoms. The van der Waals surface area contributed by atoms with E-state index in [-0.39, 0.29) is 0 Å². The van der Waals surface area contributed by atoms with Crippen molar-refractivity contribution in [2.75, 3.05) is 5.73 Å². The lowest BCUT2D eigenvalue weighted by atomic mass is 10.1. The van der Waals surface area contributed by atoms with Crippen molar-refractivity contribution >= 4 is 28.9 Å². The molecule has 0 amide bonds. The highest BCUT2D eigenvalue weighted by Crippen LogP contribution is 2.32. The minimum absolute atomic E-state index is 0.507. The Kier molecular flexibility index (Phi) is 3.69. The van der Waals surface area contributed by atoms with Crippen LogP contribution in [0.1, 0.15) is 11.1 Å². The van der Waals surface area contributed by atoms with Crippen molar-refractivity contribution in [1.29, 1.82) is 0 Å². The van der Waals surface area contributed by atoms with Gasteiger partial charge in [0.05, 0.1) is 5.69 Å². The summed E-state index contributed by atoms with van der Waals surface area (Å²) in [5, 5.41) is 1.34. The van der Waals surface area contributed by atoms with Gasteiger partial charge in [0.15, 0.2) is 0 Å². The maximum atomic E-state index is 6.11. The molecule has 2 N–H and O–H groups in total. The lowest BCUT2D eigenvalue weighted by Crippen LogP contribution is -1.93. The Labute approximate surface area is 116 Å². The van der Waals surface area contributed by atoms with Crippen molar-refractivity contribution in [2.45, 2.75) is 13.8 Å². The van der Waals surface area contributed by atoms with Gasteiger partial charge in [0.2, 0.25) is 0 Å². The number of ether oxygens (including phenoxy) is 1.